The second kappa shape index (κ2) is 8.26. The highest BCUT2D eigenvalue weighted by atomic mass is 16.5. The minimum atomic E-state index is -0.334. The summed E-state index contributed by atoms with van der Waals surface area (Å²) in [6.07, 6.45) is 0.782. The number of aliphatic hydroxyl groups excluding tert-OH is 1. The zero-order valence-electron chi connectivity index (χ0n) is 18.0. The molecular weight excluding hydrogens is 392 g/mol. The first kappa shape index (κ1) is 20.7. The van der Waals surface area contributed by atoms with Gasteiger partial charge in [0.2, 0.25) is 0 Å². The van der Waals surface area contributed by atoms with Gasteiger partial charge in [-0.15, -0.1) is 0 Å². The Morgan fingerprint density at radius 2 is 1.94 bits per heavy atom. The highest BCUT2D eigenvalue weighted by Crippen LogP contribution is 2.29. The van der Waals surface area contributed by atoms with Crippen LogP contribution in [0.25, 0.3) is 16.6 Å². The SMILES string of the molecule is CCCOC(=O)c1ccc(CN2CC(O)=C(c3nc4cc(C)c(C)cc4[nH]3)C2=N)cc1. The lowest BCUT2D eigenvalue weighted by molar-refractivity contribution is 0.0505. The van der Waals surface area contributed by atoms with E-state index in [1.807, 2.05) is 45.0 Å². The van der Waals surface area contributed by atoms with Crippen molar-refractivity contribution in [2.24, 2.45) is 0 Å². The van der Waals surface area contributed by atoms with E-state index in [0.717, 1.165) is 34.1 Å². The number of nitrogens with one attached hydrogen (secondary N) is 2. The van der Waals surface area contributed by atoms with Gasteiger partial charge >= 0.3 is 5.97 Å². The van der Waals surface area contributed by atoms with Gasteiger partial charge in [-0.05, 0) is 61.2 Å². The van der Waals surface area contributed by atoms with E-state index in [1.165, 1.54) is 0 Å². The molecule has 1 aromatic heterocycles. The number of hydrogen-bond acceptors (Lipinski definition) is 5. The van der Waals surface area contributed by atoms with Crippen molar-refractivity contribution in [3.63, 3.8) is 0 Å². The number of fused-ring (bicyclic) bond motifs is 1. The van der Waals surface area contributed by atoms with Crippen LogP contribution in [0.1, 0.15) is 46.2 Å². The molecule has 0 saturated heterocycles. The van der Waals surface area contributed by atoms with Gasteiger partial charge in [-0.2, -0.15) is 0 Å². The highest BCUT2D eigenvalue weighted by Gasteiger charge is 2.30. The molecule has 7 nitrogen and oxygen atoms in total. The Morgan fingerprint density at radius 1 is 1.23 bits per heavy atom. The van der Waals surface area contributed by atoms with Crippen molar-refractivity contribution in [1.82, 2.24) is 14.9 Å². The van der Waals surface area contributed by atoms with E-state index >= 15 is 0 Å². The van der Waals surface area contributed by atoms with Crippen LogP contribution in [0.2, 0.25) is 0 Å². The van der Waals surface area contributed by atoms with Gasteiger partial charge in [0.15, 0.2) is 0 Å². The van der Waals surface area contributed by atoms with Crippen molar-refractivity contribution in [2.45, 2.75) is 33.7 Å². The molecule has 0 spiro atoms. The average molecular weight is 418 g/mol. The number of ether oxygens (including phenoxy) is 1. The summed E-state index contributed by atoms with van der Waals surface area (Å²) in [4.78, 5) is 21.6. The summed E-state index contributed by atoms with van der Waals surface area (Å²) in [5.74, 6) is 0.506. The molecule has 0 radical (unpaired) electrons. The molecule has 0 saturated carbocycles. The first-order chi connectivity index (χ1) is 14.9. The number of H-pyrrole nitrogens is 1. The van der Waals surface area contributed by atoms with Crippen molar-refractivity contribution >= 4 is 28.4 Å². The molecule has 7 heteroatoms. The van der Waals surface area contributed by atoms with Crippen LogP contribution in [0.3, 0.4) is 0 Å². The number of amidine groups is 1. The van der Waals surface area contributed by atoms with Crippen molar-refractivity contribution in [1.29, 1.82) is 5.41 Å². The number of rotatable bonds is 6. The topological polar surface area (TPSA) is 102 Å². The van der Waals surface area contributed by atoms with Gasteiger partial charge in [0, 0.05) is 6.54 Å². The molecule has 0 unspecified atom stereocenters. The van der Waals surface area contributed by atoms with Crippen LogP contribution in [-0.2, 0) is 11.3 Å². The number of aliphatic hydroxyl groups is 1. The molecule has 31 heavy (non-hydrogen) atoms. The van der Waals surface area contributed by atoms with Crippen LogP contribution in [-0.4, -0.2) is 44.9 Å². The molecule has 0 amide bonds. The van der Waals surface area contributed by atoms with Crippen molar-refractivity contribution < 1.29 is 14.6 Å². The summed E-state index contributed by atoms with van der Waals surface area (Å²) in [6.45, 7) is 7.11. The van der Waals surface area contributed by atoms with Gasteiger partial charge in [-0.25, -0.2) is 9.78 Å². The number of aryl methyl sites for hydroxylation is 2. The molecule has 0 bridgehead atoms. The number of carbonyl (C=O) groups is 1. The van der Waals surface area contributed by atoms with Gasteiger partial charge < -0.3 is 19.7 Å². The molecule has 3 N–H and O–H groups in total. The smallest absolute Gasteiger partial charge is 0.338 e. The molecule has 1 aliphatic heterocycles. The molecular formula is C24H26N4O3. The van der Waals surface area contributed by atoms with E-state index in [4.69, 9.17) is 10.1 Å². The van der Waals surface area contributed by atoms with E-state index in [0.29, 0.717) is 30.1 Å². The minimum absolute atomic E-state index is 0.122. The molecule has 2 aromatic carbocycles. The monoisotopic (exact) mass is 418 g/mol. The molecule has 0 fully saturated rings. The number of aromatic amines is 1. The molecule has 0 atom stereocenters. The van der Waals surface area contributed by atoms with Gasteiger partial charge in [-0.1, -0.05) is 19.1 Å². The predicted molar refractivity (Wildman–Crippen MR) is 120 cm³/mol. The zero-order chi connectivity index (χ0) is 22.1. The Bertz CT molecular complexity index is 1150. The quantitative estimate of drug-likeness (QED) is 0.511. The Morgan fingerprint density at radius 3 is 2.65 bits per heavy atom. The fourth-order valence-corrected chi connectivity index (χ4v) is 3.65. The number of hydrogen-bond donors (Lipinski definition) is 3. The maximum atomic E-state index is 12.0. The van der Waals surface area contributed by atoms with E-state index in [2.05, 4.69) is 9.97 Å². The second-order valence-electron chi connectivity index (χ2n) is 7.90. The van der Waals surface area contributed by atoms with Gasteiger partial charge in [0.05, 0.1) is 35.3 Å². The average Bonchev–Trinajstić information content (AvgIpc) is 3.26. The molecule has 3 aromatic rings. The first-order valence-electron chi connectivity index (χ1n) is 10.4. The van der Waals surface area contributed by atoms with Crippen LogP contribution < -0.4 is 0 Å². The van der Waals surface area contributed by atoms with Gasteiger partial charge in [0.25, 0.3) is 0 Å². The molecule has 1 aliphatic rings. The Kier molecular flexibility index (Phi) is 5.50. The maximum Gasteiger partial charge on any atom is 0.338 e. The van der Waals surface area contributed by atoms with Gasteiger partial charge in [-0.3, -0.25) is 5.41 Å². The van der Waals surface area contributed by atoms with E-state index in [-0.39, 0.29) is 24.1 Å². The van der Waals surface area contributed by atoms with E-state index in [9.17, 15) is 9.90 Å². The summed E-state index contributed by atoms with van der Waals surface area (Å²) in [6, 6.07) is 11.2. The second-order valence-corrected chi connectivity index (χ2v) is 7.90. The summed E-state index contributed by atoms with van der Waals surface area (Å²) in [5, 5.41) is 19.2. The summed E-state index contributed by atoms with van der Waals surface area (Å²) >= 11 is 0. The number of benzene rings is 2. The van der Waals surface area contributed by atoms with Crippen LogP contribution in [0.5, 0.6) is 0 Å². The lowest BCUT2D eigenvalue weighted by Crippen LogP contribution is -2.26. The molecule has 0 aliphatic carbocycles. The Balaban J connectivity index is 1.50. The fourth-order valence-electron chi connectivity index (χ4n) is 3.65. The number of imidazole rings is 1. The lowest BCUT2D eigenvalue weighted by atomic mass is 10.1. The van der Waals surface area contributed by atoms with Crippen molar-refractivity contribution in [3.05, 3.63) is 70.2 Å². The molecule has 160 valence electrons. The van der Waals surface area contributed by atoms with E-state index in [1.54, 1.807) is 17.0 Å². The lowest BCUT2D eigenvalue weighted by Gasteiger charge is -2.18. The van der Waals surface area contributed by atoms with Gasteiger partial charge in [0.1, 0.15) is 17.4 Å². The molecule has 2 heterocycles. The van der Waals surface area contributed by atoms with Crippen LogP contribution in [0.15, 0.2) is 42.2 Å². The Labute approximate surface area is 180 Å². The van der Waals surface area contributed by atoms with Crippen LogP contribution in [0, 0.1) is 19.3 Å². The number of esters is 1. The summed E-state index contributed by atoms with van der Waals surface area (Å²) in [5.41, 5.74) is 5.86. The maximum absolute atomic E-state index is 12.0. The zero-order valence-corrected chi connectivity index (χ0v) is 18.0. The number of carbonyl (C=O) groups excluding carboxylic acids is 1. The normalized spacial score (nSPS) is 14.0. The standard InChI is InChI=1S/C24H26N4O3/c1-4-9-31-24(30)17-7-5-16(6-8-17)12-28-13-20(29)21(22(28)25)23-26-18-10-14(2)15(3)11-19(18)27-23/h5-8,10-11,25,29H,4,9,12-13H2,1-3H3,(H,26,27). The highest BCUT2D eigenvalue weighted by molar-refractivity contribution is 6.23. The van der Waals surface area contributed by atoms with Crippen molar-refractivity contribution in [3.8, 4) is 0 Å². The number of aromatic nitrogens is 2. The molecule has 4 rings (SSSR count). The Hall–Kier alpha value is -3.61. The largest absolute Gasteiger partial charge is 0.510 e. The third-order valence-electron chi connectivity index (χ3n) is 5.52. The van der Waals surface area contributed by atoms with E-state index < -0.39 is 0 Å². The summed E-state index contributed by atoms with van der Waals surface area (Å²) < 4.78 is 5.15. The van der Waals surface area contributed by atoms with Crippen LogP contribution in [0.4, 0.5) is 0 Å². The minimum Gasteiger partial charge on any atom is -0.510 e. The first-order valence-corrected chi connectivity index (χ1v) is 10.4. The third-order valence-corrected chi connectivity index (χ3v) is 5.52. The predicted octanol–water partition coefficient (Wildman–Crippen LogP) is 4.51. The summed E-state index contributed by atoms with van der Waals surface area (Å²) in [7, 11) is 0. The third kappa shape index (κ3) is 4.03. The van der Waals surface area contributed by atoms with Crippen LogP contribution >= 0.6 is 0 Å². The number of nitrogens with zero attached hydrogens (tertiary/aromatic N) is 2. The fraction of sp³-hybridized carbons (Fsp3) is 0.292. The van der Waals surface area contributed by atoms with Crippen molar-refractivity contribution in [2.75, 3.05) is 13.2 Å².